The highest BCUT2D eigenvalue weighted by atomic mass is 32.2. The summed E-state index contributed by atoms with van der Waals surface area (Å²) in [6.45, 7) is 1.75. The number of hydrogen-bond donors (Lipinski definition) is 2. The van der Waals surface area contributed by atoms with Crippen molar-refractivity contribution < 1.29 is 22.4 Å². The van der Waals surface area contributed by atoms with Crippen LogP contribution in [0.4, 0.5) is 9.18 Å². The molecule has 0 aromatic rings. The first-order valence-electron chi connectivity index (χ1n) is 12.9. The fraction of sp³-hybridized carbons (Fsp3) is 0.913. The van der Waals surface area contributed by atoms with E-state index in [0.717, 1.165) is 19.4 Å². The van der Waals surface area contributed by atoms with E-state index in [1.165, 1.54) is 17.7 Å². The quantitative estimate of drug-likeness (QED) is 0.524. The number of alkyl halides is 1. The van der Waals surface area contributed by atoms with Crippen molar-refractivity contribution in [3.8, 4) is 0 Å². The summed E-state index contributed by atoms with van der Waals surface area (Å²) in [6.07, 6.45) is 6.63. The molecule has 5 aliphatic rings. The van der Waals surface area contributed by atoms with Gasteiger partial charge in [0.25, 0.3) is 0 Å². The summed E-state index contributed by atoms with van der Waals surface area (Å²) in [5, 5.41) is 1.24. The lowest BCUT2D eigenvalue weighted by molar-refractivity contribution is -0.141. The molecule has 3 aliphatic carbocycles. The maximum Gasteiger partial charge on any atom is 0.326 e. The van der Waals surface area contributed by atoms with E-state index in [-0.39, 0.29) is 30.3 Å². The van der Waals surface area contributed by atoms with Crippen LogP contribution in [0.5, 0.6) is 0 Å². The Bertz CT molecular complexity index is 907. The number of hydrazine groups is 1. The Morgan fingerprint density at radius 2 is 1.82 bits per heavy atom. The van der Waals surface area contributed by atoms with E-state index in [1.54, 1.807) is 0 Å². The summed E-state index contributed by atoms with van der Waals surface area (Å²) in [5.41, 5.74) is 2.29. The topological polar surface area (TPSA) is 102 Å². The van der Waals surface area contributed by atoms with Crippen LogP contribution in [0.25, 0.3) is 0 Å². The Hall–Kier alpha value is -1.30. The molecule has 0 aromatic carbocycles. The summed E-state index contributed by atoms with van der Waals surface area (Å²) in [5.74, 6) is -0.172. The highest BCUT2D eigenvalue weighted by molar-refractivity contribution is 7.90. The second kappa shape index (κ2) is 9.29. The fourth-order valence-electron chi connectivity index (χ4n) is 6.46. The summed E-state index contributed by atoms with van der Waals surface area (Å²) in [4.78, 5) is 30.5. The van der Waals surface area contributed by atoms with E-state index in [9.17, 15) is 22.4 Å². The molecule has 9 nitrogen and oxygen atoms in total. The van der Waals surface area contributed by atoms with Crippen molar-refractivity contribution >= 4 is 22.0 Å². The van der Waals surface area contributed by atoms with Gasteiger partial charge < -0.3 is 4.90 Å². The number of carbonyl (C=O) groups excluding carboxylic acids is 2. The molecule has 4 unspecified atom stereocenters. The average molecular weight is 500 g/mol. The first-order chi connectivity index (χ1) is 16.2. The minimum absolute atomic E-state index is 0.145. The van der Waals surface area contributed by atoms with Crippen LogP contribution in [-0.4, -0.2) is 91.9 Å². The highest BCUT2D eigenvalue weighted by Crippen LogP contribution is 2.41. The summed E-state index contributed by atoms with van der Waals surface area (Å²) in [7, 11) is -1.81. The van der Waals surface area contributed by atoms with Crippen LogP contribution in [0.3, 0.4) is 0 Å². The fourth-order valence-corrected chi connectivity index (χ4v) is 8.40. The minimum Gasteiger partial charge on any atom is -0.320 e. The monoisotopic (exact) mass is 499 g/mol. The molecule has 5 rings (SSSR count). The summed E-state index contributed by atoms with van der Waals surface area (Å²) in [6, 6.07) is -0.453. The molecule has 2 saturated heterocycles. The van der Waals surface area contributed by atoms with E-state index >= 15 is 0 Å². The van der Waals surface area contributed by atoms with Gasteiger partial charge in [0, 0.05) is 45.2 Å². The first-order valence-corrected chi connectivity index (χ1v) is 14.4. The Morgan fingerprint density at radius 1 is 1.09 bits per heavy atom. The highest BCUT2D eigenvalue weighted by Gasteiger charge is 2.53. The Balaban J connectivity index is 1.35. The number of rotatable bonds is 8. The van der Waals surface area contributed by atoms with Crippen LogP contribution in [-0.2, 0) is 14.8 Å². The van der Waals surface area contributed by atoms with Crippen LogP contribution in [0, 0.1) is 17.8 Å². The second-order valence-corrected chi connectivity index (χ2v) is 13.3. The first kappa shape index (κ1) is 24.4. The number of imide groups is 1. The van der Waals surface area contributed by atoms with E-state index in [1.807, 2.05) is 17.0 Å². The van der Waals surface area contributed by atoms with Gasteiger partial charge in [0.15, 0.2) is 0 Å². The van der Waals surface area contributed by atoms with Crippen LogP contribution >= 0.6 is 0 Å². The normalized spacial score (nSPS) is 34.6. The Labute approximate surface area is 201 Å². The molecule has 0 radical (unpaired) electrons. The van der Waals surface area contributed by atoms with E-state index in [4.69, 9.17) is 0 Å². The molecule has 3 amide bonds. The molecule has 34 heavy (non-hydrogen) atoms. The van der Waals surface area contributed by atoms with Gasteiger partial charge in [-0.15, -0.1) is 0 Å². The molecule has 2 heterocycles. The summed E-state index contributed by atoms with van der Waals surface area (Å²) >= 11 is 0. The SMILES string of the molecule is CN1CC(CN2C(=O)C3CC(S(=O)(=O)NC4(CF)CC4)CCC3N(CC3CCCC3)C2=O)CN1. The molecule has 0 aromatic heterocycles. The molecule has 4 atom stereocenters. The van der Waals surface area contributed by atoms with Gasteiger partial charge in [-0.05, 0) is 50.9 Å². The molecule has 0 spiro atoms. The van der Waals surface area contributed by atoms with Gasteiger partial charge in [-0.25, -0.2) is 27.3 Å². The van der Waals surface area contributed by atoms with Crippen molar-refractivity contribution in [1.29, 1.82) is 0 Å². The van der Waals surface area contributed by atoms with Gasteiger partial charge in [-0.1, -0.05) is 12.8 Å². The zero-order valence-corrected chi connectivity index (χ0v) is 20.9. The third kappa shape index (κ3) is 4.73. The lowest BCUT2D eigenvalue weighted by Crippen LogP contribution is -2.65. The van der Waals surface area contributed by atoms with Crippen molar-refractivity contribution in [2.75, 3.05) is 39.9 Å². The van der Waals surface area contributed by atoms with Gasteiger partial charge >= 0.3 is 6.03 Å². The number of urea groups is 1. The molecule has 2 N–H and O–H groups in total. The molecular weight excluding hydrogens is 461 g/mol. The number of fused-ring (bicyclic) bond motifs is 1. The van der Waals surface area contributed by atoms with Gasteiger partial charge in [0.05, 0.1) is 16.7 Å². The summed E-state index contributed by atoms with van der Waals surface area (Å²) < 4.78 is 42.2. The van der Waals surface area contributed by atoms with Crippen molar-refractivity contribution in [1.82, 2.24) is 25.0 Å². The lowest BCUT2D eigenvalue weighted by Gasteiger charge is -2.49. The number of nitrogens with one attached hydrogen (secondary N) is 2. The van der Waals surface area contributed by atoms with Crippen molar-refractivity contribution in [2.45, 2.75) is 74.6 Å². The zero-order chi connectivity index (χ0) is 24.1. The van der Waals surface area contributed by atoms with Crippen LogP contribution in [0.1, 0.15) is 57.8 Å². The maximum atomic E-state index is 13.6. The largest absolute Gasteiger partial charge is 0.326 e. The zero-order valence-electron chi connectivity index (χ0n) is 20.0. The minimum atomic E-state index is -3.75. The third-order valence-corrected chi connectivity index (χ3v) is 10.7. The number of hydrogen-bond acceptors (Lipinski definition) is 6. The van der Waals surface area contributed by atoms with Gasteiger partial charge in [-0.3, -0.25) is 15.1 Å². The van der Waals surface area contributed by atoms with Gasteiger partial charge in [0.2, 0.25) is 15.9 Å². The van der Waals surface area contributed by atoms with Crippen LogP contribution in [0.2, 0.25) is 0 Å². The number of halogens is 1. The van der Waals surface area contributed by atoms with Gasteiger partial charge in [-0.2, -0.15) is 0 Å². The van der Waals surface area contributed by atoms with E-state index in [2.05, 4.69) is 10.1 Å². The predicted octanol–water partition coefficient (Wildman–Crippen LogP) is 1.47. The predicted molar refractivity (Wildman–Crippen MR) is 125 cm³/mol. The molecular formula is C23H38FN5O4S. The molecule has 5 fully saturated rings. The molecule has 192 valence electrons. The van der Waals surface area contributed by atoms with Crippen molar-refractivity contribution in [2.24, 2.45) is 17.8 Å². The molecule has 11 heteroatoms. The number of carbonyl (C=O) groups is 2. The Morgan fingerprint density at radius 3 is 2.44 bits per heavy atom. The maximum absolute atomic E-state index is 13.6. The second-order valence-electron chi connectivity index (χ2n) is 11.3. The van der Waals surface area contributed by atoms with E-state index in [0.29, 0.717) is 51.2 Å². The smallest absolute Gasteiger partial charge is 0.320 e. The molecule has 0 bridgehead atoms. The van der Waals surface area contributed by atoms with Crippen LogP contribution < -0.4 is 10.1 Å². The van der Waals surface area contributed by atoms with E-state index < -0.39 is 33.4 Å². The van der Waals surface area contributed by atoms with Crippen molar-refractivity contribution in [3.63, 3.8) is 0 Å². The van der Waals surface area contributed by atoms with Gasteiger partial charge in [0.1, 0.15) is 6.67 Å². The van der Waals surface area contributed by atoms with Crippen molar-refractivity contribution in [3.05, 3.63) is 0 Å². The average Bonchev–Trinajstić information content (AvgIpc) is 3.17. The number of sulfonamides is 1. The van der Waals surface area contributed by atoms with Crippen LogP contribution in [0.15, 0.2) is 0 Å². The molecule has 2 aliphatic heterocycles. The Kier molecular flexibility index (Phi) is 6.67. The standard InChI is InChI=1S/C23H38FN5O4S/c1-27-12-17(11-25-27)14-29-21(30)19-10-18(34(32,33)26-23(15-24)8-9-23)6-7-20(19)28(22(29)31)13-16-4-2-3-5-16/h16-20,25-26H,2-15H2,1H3. The lowest BCUT2D eigenvalue weighted by atomic mass is 9.80. The third-order valence-electron chi connectivity index (χ3n) is 8.69. The number of nitrogens with zero attached hydrogens (tertiary/aromatic N) is 3. The molecule has 3 saturated carbocycles. The number of amides is 3.